The minimum absolute atomic E-state index is 0. The van der Waals surface area contributed by atoms with Crippen molar-refractivity contribution in [2.75, 3.05) is 26.2 Å². The summed E-state index contributed by atoms with van der Waals surface area (Å²) < 4.78 is 21.1. The molecule has 7 nitrogen and oxygen atoms in total. The van der Waals surface area contributed by atoms with E-state index in [9.17, 15) is 9.18 Å². The summed E-state index contributed by atoms with van der Waals surface area (Å²) in [5.74, 6) is -0.501. The van der Waals surface area contributed by atoms with Crippen molar-refractivity contribution < 1.29 is 13.9 Å². The zero-order valence-electron chi connectivity index (χ0n) is 16.3. The van der Waals surface area contributed by atoms with Gasteiger partial charge in [0, 0.05) is 19.7 Å². The molecule has 29 heavy (non-hydrogen) atoms. The van der Waals surface area contributed by atoms with Crippen LogP contribution in [0.1, 0.15) is 47.8 Å². The Kier molecular flexibility index (Phi) is 7.57. The van der Waals surface area contributed by atoms with Gasteiger partial charge in [0.05, 0.1) is 18.3 Å². The molecule has 0 aliphatic carbocycles. The van der Waals surface area contributed by atoms with E-state index in [0.717, 1.165) is 50.9 Å². The molecule has 2 aliphatic heterocycles. The van der Waals surface area contributed by atoms with E-state index in [0.29, 0.717) is 18.8 Å². The molecule has 1 aromatic carbocycles. The van der Waals surface area contributed by atoms with Crippen molar-refractivity contribution in [1.82, 2.24) is 25.2 Å². The molecule has 2 fully saturated rings. The molecule has 1 amide bonds. The number of amides is 1. The largest absolute Gasteiger partial charge is 0.376 e. The van der Waals surface area contributed by atoms with E-state index in [1.165, 1.54) is 12.1 Å². The molecular weight excluding hydrogens is 397 g/mol. The molecule has 0 radical (unpaired) electrons. The number of ether oxygens (including phenoxy) is 1. The van der Waals surface area contributed by atoms with Crippen LogP contribution < -0.4 is 5.32 Å². The third kappa shape index (κ3) is 5.52. The summed E-state index contributed by atoms with van der Waals surface area (Å²) in [6, 6.07) is 6.62. The minimum Gasteiger partial charge on any atom is -0.376 e. The fourth-order valence-corrected chi connectivity index (χ4v) is 3.90. The van der Waals surface area contributed by atoms with E-state index in [2.05, 4.69) is 15.6 Å². The summed E-state index contributed by atoms with van der Waals surface area (Å²) in [4.78, 5) is 14.9. The Morgan fingerprint density at radius 2 is 2.14 bits per heavy atom. The molecule has 1 aromatic heterocycles. The van der Waals surface area contributed by atoms with E-state index in [4.69, 9.17) is 4.74 Å². The second-order valence-corrected chi connectivity index (χ2v) is 7.52. The highest BCUT2D eigenvalue weighted by Gasteiger charge is 2.26. The predicted octanol–water partition coefficient (Wildman–Crippen LogP) is 2.58. The summed E-state index contributed by atoms with van der Waals surface area (Å²) in [6.07, 6.45) is 5.62. The highest BCUT2D eigenvalue weighted by atomic mass is 35.5. The number of benzene rings is 1. The number of rotatable bonds is 6. The van der Waals surface area contributed by atoms with Gasteiger partial charge in [-0.2, -0.15) is 0 Å². The van der Waals surface area contributed by atoms with Crippen molar-refractivity contribution in [3.63, 3.8) is 0 Å². The molecule has 0 bridgehead atoms. The maximum absolute atomic E-state index is 13.6. The normalized spacial score (nSPS) is 19.7. The Morgan fingerprint density at radius 1 is 1.31 bits per heavy atom. The second-order valence-electron chi connectivity index (χ2n) is 7.52. The summed E-state index contributed by atoms with van der Waals surface area (Å²) in [6.45, 7) is 3.39. The van der Waals surface area contributed by atoms with Gasteiger partial charge >= 0.3 is 0 Å². The predicted molar refractivity (Wildman–Crippen MR) is 109 cm³/mol. The summed E-state index contributed by atoms with van der Waals surface area (Å²) >= 11 is 0. The van der Waals surface area contributed by atoms with Crippen molar-refractivity contribution in [1.29, 1.82) is 0 Å². The van der Waals surface area contributed by atoms with Crippen LogP contribution >= 0.6 is 12.4 Å². The molecule has 1 atom stereocenters. The van der Waals surface area contributed by atoms with E-state index < -0.39 is 0 Å². The number of nitrogens with one attached hydrogen (secondary N) is 1. The van der Waals surface area contributed by atoms with Gasteiger partial charge in [0.25, 0.3) is 5.91 Å². The number of carbonyl (C=O) groups excluding carboxylic acids is 1. The van der Waals surface area contributed by atoms with Crippen LogP contribution in [-0.4, -0.2) is 58.1 Å². The van der Waals surface area contributed by atoms with Crippen LogP contribution in [0.5, 0.6) is 0 Å². The Hall–Kier alpha value is -2.03. The fourth-order valence-electron chi connectivity index (χ4n) is 3.90. The lowest BCUT2D eigenvalue weighted by Gasteiger charge is -2.25. The molecule has 1 N–H and O–H groups in total. The van der Waals surface area contributed by atoms with Crippen LogP contribution in [0.2, 0.25) is 0 Å². The van der Waals surface area contributed by atoms with Crippen LogP contribution in [0, 0.1) is 5.82 Å². The van der Waals surface area contributed by atoms with Gasteiger partial charge in [0.1, 0.15) is 5.82 Å². The molecule has 3 heterocycles. The molecule has 4 rings (SSSR count). The van der Waals surface area contributed by atoms with E-state index >= 15 is 0 Å². The summed E-state index contributed by atoms with van der Waals surface area (Å²) in [7, 11) is 0. The second kappa shape index (κ2) is 10.1. The average molecular weight is 424 g/mol. The first-order valence-electron chi connectivity index (χ1n) is 9.97. The van der Waals surface area contributed by atoms with Crippen molar-refractivity contribution in [3.05, 3.63) is 47.5 Å². The maximum Gasteiger partial charge on any atom is 0.276 e. The van der Waals surface area contributed by atoms with Gasteiger partial charge in [-0.15, -0.1) is 17.5 Å². The van der Waals surface area contributed by atoms with E-state index in [1.807, 2.05) is 6.07 Å². The lowest BCUT2D eigenvalue weighted by Crippen LogP contribution is -2.37. The van der Waals surface area contributed by atoms with Crippen LogP contribution in [0.3, 0.4) is 0 Å². The SMILES string of the molecule is Cl.O=C(c1cn(C2CCNCC2)nn1)N(Cc1cccc(F)c1)CC1CCCO1. The van der Waals surface area contributed by atoms with E-state index in [1.54, 1.807) is 21.8 Å². The first kappa shape index (κ1) is 21.7. The molecule has 0 spiro atoms. The maximum atomic E-state index is 13.6. The van der Waals surface area contributed by atoms with Crippen LogP contribution in [0.25, 0.3) is 0 Å². The number of carbonyl (C=O) groups is 1. The summed E-state index contributed by atoms with van der Waals surface area (Å²) in [5.41, 5.74) is 1.07. The standard InChI is InChI=1S/C20H26FN5O2.ClH/c21-16-4-1-3-15(11-16)12-25(13-18-5-2-10-28-18)20(27)19-14-26(24-23-19)17-6-8-22-9-7-17;/h1,3-4,11,14,17-18,22H,2,5-10,12-13H2;1H. The Balaban J connectivity index is 0.00000240. The molecule has 2 aromatic rings. The average Bonchev–Trinajstić information content (AvgIpc) is 3.40. The Bertz CT molecular complexity index is 806. The number of hydrogen-bond donors (Lipinski definition) is 1. The van der Waals surface area contributed by atoms with Gasteiger partial charge in [0.2, 0.25) is 0 Å². The molecule has 1 unspecified atom stereocenters. The number of piperidine rings is 1. The van der Waals surface area contributed by atoms with E-state index in [-0.39, 0.29) is 36.3 Å². The highest BCUT2D eigenvalue weighted by molar-refractivity contribution is 5.92. The monoisotopic (exact) mass is 423 g/mol. The lowest BCUT2D eigenvalue weighted by molar-refractivity contribution is 0.0502. The Labute approximate surface area is 176 Å². The first-order chi connectivity index (χ1) is 13.7. The minimum atomic E-state index is -0.307. The summed E-state index contributed by atoms with van der Waals surface area (Å²) in [5, 5.41) is 11.7. The van der Waals surface area contributed by atoms with Gasteiger partial charge in [-0.3, -0.25) is 4.79 Å². The zero-order valence-corrected chi connectivity index (χ0v) is 17.1. The molecule has 0 saturated carbocycles. The molecule has 2 saturated heterocycles. The number of nitrogens with zero attached hydrogens (tertiary/aromatic N) is 4. The van der Waals surface area contributed by atoms with Gasteiger partial charge in [-0.25, -0.2) is 9.07 Å². The molecule has 9 heteroatoms. The van der Waals surface area contributed by atoms with Gasteiger partial charge < -0.3 is 15.0 Å². The first-order valence-corrected chi connectivity index (χ1v) is 9.97. The quantitative estimate of drug-likeness (QED) is 0.773. The van der Waals surface area contributed by atoms with Crippen molar-refractivity contribution in [3.8, 4) is 0 Å². The molecule has 158 valence electrons. The van der Waals surface area contributed by atoms with Crippen LogP contribution in [0.15, 0.2) is 30.5 Å². The number of halogens is 2. The third-order valence-corrected chi connectivity index (χ3v) is 5.41. The van der Waals surface area contributed by atoms with Crippen molar-refractivity contribution >= 4 is 18.3 Å². The van der Waals surface area contributed by atoms with Gasteiger partial charge in [-0.1, -0.05) is 17.3 Å². The lowest BCUT2D eigenvalue weighted by atomic mass is 10.1. The molecule has 2 aliphatic rings. The molecular formula is C20H27ClFN5O2. The topological polar surface area (TPSA) is 72.3 Å². The van der Waals surface area contributed by atoms with Crippen LogP contribution in [-0.2, 0) is 11.3 Å². The number of hydrogen-bond acceptors (Lipinski definition) is 5. The van der Waals surface area contributed by atoms with Crippen molar-refractivity contribution in [2.24, 2.45) is 0 Å². The highest BCUT2D eigenvalue weighted by Crippen LogP contribution is 2.20. The third-order valence-electron chi connectivity index (χ3n) is 5.41. The smallest absolute Gasteiger partial charge is 0.276 e. The number of aromatic nitrogens is 3. The fraction of sp³-hybridized carbons (Fsp3) is 0.550. The Morgan fingerprint density at radius 3 is 2.86 bits per heavy atom. The zero-order chi connectivity index (χ0) is 19.3. The van der Waals surface area contributed by atoms with Crippen LogP contribution in [0.4, 0.5) is 4.39 Å². The van der Waals surface area contributed by atoms with Gasteiger partial charge in [0.15, 0.2) is 5.69 Å². The van der Waals surface area contributed by atoms with Crippen molar-refractivity contribution in [2.45, 2.75) is 44.4 Å². The van der Waals surface area contributed by atoms with Gasteiger partial charge in [-0.05, 0) is 56.5 Å².